The molecule has 0 aromatic heterocycles. The Morgan fingerprint density at radius 3 is 2.22 bits per heavy atom. The predicted octanol–water partition coefficient (Wildman–Crippen LogP) is 6.23. The molecule has 2 aromatic rings. The van der Waals surface area contributed by atoms with Gasteiger partial charge in [-0.2, -0.15) is 0 Å². The van der Waals surface area contributed by atoms with Crippen LogP contribution in [0.1, 0.15) is 10.4 Å². The van der Waals surface area contributed by atoms with Crippen molar-refractivity contribution >= 4 is 22.6 Å². The van der Waals surface area contributed by atoms with Crippen LogP contribution in [0.4, 0.5) is 5.69 Å². The van der Waals surface area contributed by atoms with Gasteiger partial charge in [0.25, 0.3) is 0 Å². The lowest BCUT2D eigenvalue weighted by atomic mass is 9.90. The first-order valence-corrected chi connectivity index (χ1v) is 12.1. The number of aromatic carboxylic acids is 1. The number of nitrogens with zero attached hydrogens (tertiary/aromatic N) is 2. The number of fused-ring (bicyclic) bond motifs is 2. The van der Waals surface area contributed by atoms with Gasteiger partial charge in [0.2, 0.25) is 5.36 Å². The zero-order chi connectivity index (χ0) is 26.4. The number of carboxylic acid groups (broad SMARTS) is 1. The molecule has 1 N–H and O–H groups in total. The van der Waals surface area contributed by atoms with Crippen LogP contribution in [0.25, 0.3) is 33.4 Å². The minimum absolute atomic E-state index is 0.240. The van der Waals surface area contributed by atoms with Crippen molar-refractivity contribution < 1.29 is 14.3 Å². The second-order valence-corrected chi connectivity index (χ2v) is 8.65. The van der Waals surface area contributed by atoms with Gasteiger partial charge in [-0.1, -0.05) is 43.5 Å². The summed E-state index contributed by atoms with van der Waals surface area (Å²) in [4.78, 5) is 14.3. The molecule has 1 aliphatic heterocycles. The number of hydrogen-bond acceptors (Lipinski definition) is 3. The lowest BCUT2D eigenvalue weighted by Crippen LogP contribution is -2.30. The first kappa shape index (κ1) is 25.5. The maximum absolute atomic E-state index is 12.2. The molecule has 0 radical (unpaired) electrons. The molecular formula is C32H31N2O3+. The van der Waals surface area contributed by atoms with Gasteiger partial charge in [0.15, 0.2) is 13.1 Å². The Morgan fingerprint density at radius 1 is 0.865 bits per heavy atom. The standard InChI is InChI=1S/C32H30N2O3/c1-5-17-33(18-6-2)23-13-15-27-29(21-23)37-30-22-24(34(19-7-3)20-8-4)14-16-28(30)31(27)25-11-9-10-12-26(25)32(35)36/h5-16,21-22H,1-4,17-20H2/p+1. The Balaban J connectivity index is 2.10. The summed E-state index contributed by atoms with van der Waals surface area (Å²) >= 11 is 0. The number of anilines is 1. The van der Waals surface area contributed by atoms with E-state index in [-0.39, 0.29) is 5.56 Å². The topological polar surface area (TPSA) is 56.7 Å². The fourth-order valence-corrected chi connectivity index (χ4v) is 4.63. The van der Waals surface area contributed by atoms with E-state index in [0.717, 1.165) is 27.6 Å². The summed E-state index contributed by atoms with van der Waals surface area (Å²) in [5, 5.41) is 11.8. The fraction of sp³-hybridized carbons (Fsp3) is 0.125. The average molecular weight is 492 g/mol. The molecule has 5 heteroatoms. The van der Waals surface area contributed by atoms with Crippen molar-refractivity contribution in [3.63, 3.8) is 0 Å². The van der Waals surface area contributed by atoms with E-state index in [9.17, 15) is 9.90 Å². The van der Waals surface area contributed by atoms with Gasteiger partial charge in [-0.25, -0.2) is 9.37 Å². The molecule has 0 spiro atoms. The molecule has 4 rings (SSSR count). The molecule has 2 aromatic carbocycles. The van der Waals surface area contributed by atoms with Crippen molar-refractivity contribution in [3.8, 4) is 22.5 Å². The Morgan fingerprint density at radius 2 is 1.57 bits per heavy atom. The molecule has 37 heavy (non-hydrogen) atoms. The molecular weight excluding hydrogens is 460 g/mol. The summed E-state index contributed by atoms with van der Waals surface area (Å²) in [5.41, 5.74) is 4.17. The van der Waals surface area contributed by atoms with Gasteiger partial charge in [0, 0.05) is 47.4 Å². The van der Waals surface area contributed by atoms with Crippen molar-refractivity contribution in [1.29, 1.82) is 0 Å². The van der Waals surface area contributed by atoms with E-state index >= 15 is 0 Å². The van der Waals surface area contributed by atoms with Crippen LogP contribution in [0.15, 0.2) is 116 Å². The second-order valence-electron chi connectivity index (χ2n) is 8.65. The number of benzene rings is 3. The molecule has 1 aliphatic carbocycles. The largest absolute Gasteiger partial charge is 0.478 e. The van der Waals surface area contributed by atoms with E-state index < -0.39 is 5.97 Å². The first-order chi connectivity index (χ1) is 18.0. The molecule has 0 bridgehead atoms. The van der Waals surface area contributed by atoms with Crippen LogP contribution in [-0.2, 0) is 0 Å². The van der Waals surface area contributed by atoms with Crippen LogP contribution in [0.3, 0.4) is 0 Å². The van der Waals surface area contributed by atoms with E-state index in [1.165, 1.54) is 0 Å². The van der Waals surface area contributed by atoms with E-state index in [4.69, 9.17) is 4.42 Å². The number of carbonyl (C=O) groups is 1. The number of hydrogen-bond donors (Lipinski definition) is 1. The molecule has 0 saturated carbocycles. The highest BCUT2D eigenvalue weighted by Gasteiger charge is 2.22. The van der Waals surface area contributed by atoms with E-state index in [0.29, 0.717) is 43.1 Å². The highest BCUT2D eigenvalue weighted by atomic mass is 16.4. The van der Waals surface area contributed by atoms with Crippen molar-refractivity contribution in [3.05, 3.63) is 122 Å². The van der Waals surface area contributed by atoms with Crippen LogP contribution >= 0.6 is 0 Å². The Kier molecular flexibility index (Phi) is 7.84. The van der Waals surface area contributed by atoms with Crippen molar-refractivity contribution in [2.45, 2.75) is 0 Å². The maximum Gasteiger partial charge on any atom is 0.336 e. The van der Waals surface area contributed by atoms with Crippen LogP contribution in [0.2, 0.25) is 0 Å². The zero-order valence-corrected chi connectivity index (χ0v) is 20.9. The van der Waals surface area contributed by atoms with Gasteiger partial charge in [-0.3, -0.25) is 0 Å². The Labute approximate surface area is 217 Å². The zero-order valence-electron chi connectivity index (χ0n) is 20.9. The van der Waals surface area contributed by atoms with Crippen LogP contribution < -0.4 is 14.8 Å². The third-order valence-electron chi connectivity index (χ3n) is 6.24. The third kappa shape index (κ3) is 5.16. The summed E-state index contributed by atoms with van der Waals surface area (Å²) < 4.78 is 8.63. The Hall–Kier alpha value is -4.64. The lowest BCUT2D eigenvalue weighted by molar-refractivity contribution is 0.0697. The van der Waals surface area contributed by atoms with E-state index in [1.807, 2.05) is 72.8 Å². The molecule has 5 nitrogen and oxygen atoms in total. The van der Waals surface area contributed by atoms with E-state index in [2.05, 4.69) is 35.8 Å². The summed E-state index contributed by atoms with van der Waals surface area (Å²) in [6.07, 6.45) is 7.39. The van der Waals surface area contributed by atoms with Crippen LogP contribution in [0, 0.1) is 0 Å². The van der Waals surface area contributed by atoms with Crippen molar-refractivity contribution in [1.82, 2.24) is 4.58 Å². The van der Waals surface area contributed by atoms with Gasteiger partial charge in [0.05, 0.1) is 11.6 Å². The Bertz CT molecular complexity index is 1520. The third-order valence-corrected chi connectivity index (χ3v) is 6.24. The minimum Gasteiger partial charge on any atom is -0.478 e. The molecule has 186 valence electrons. The second kappa shape index (κ2) is 11.4. The normalized spacial score (nSPS) is 10.7. The monoisotopic (exact) mass is 491 g/mol. The smallest absolute Gasteiger partial charge is 0.336 e. The van der Waals surface area contributed by atoms with Gasteiger partial charge in [-0.05, 0) is 42.0 Å². The molecule has 0 fully saturated rings. The van der Waals surface area contributed by atoms with Crippen LogP contribution in [-0.4, -0.2) is 37.3 Å². The molecule has 0 saturated heterocycles. The quantitative estimate of drug-likeness (QED) is 0.154. The molecule has 1 heterocycles. The van der Waals surface area contributed by atoms with Crippen molar-refractivity contribution in [2.24, 2.45) is 0 Å². The summed E-state index contributed by atoms with van der Waals surface area (Å²) in [7, 11) is 0. The van der Waals surface area contributed by atoms with Gasteiger partial charge >= 0.3 is 5.97 Å². The summed E-state index contributed by atoms with van der Waals surface area (Å²) in [6, 6.07) is 19.1. The molecule has 0 atom stereocenters. The first-order valence-electron chi connectivity index (χ1n) is 12.1. The lowest BCUT2D eigenvalue weighted by Gasteiger charge is -2.23. The molecule has 0 unspecified atom stereocenters. The minimum atomic E-state index is -0.975. The average Bonchev–Trinajstić information content (AvgIpc) is 2.91. The highest BCUT2D eigenvalue weighted by Crippen LogP contribution is 2.42. The molecule has 2 aliphatic rings. The van der Waals surface area contributed by atoms with Crippen molar-refractivity contribution in [2.75, 3.05) is 31.1 Å². The van der Waals surface area contributed by atoms with Crippen LogP contribution in [0.5, 0.6) is 0 Å². The molecule has 0 amide bonds. The highest BCUT2D eigenvalue weighted by molar-refractivity contribution is 6.07. The van der Waals surface area contributed by atoms with Gasteiger partial charge in [-0.15, -0.1) is 13.2 Å². The fourth-order valence-electron chi connectivity index (χ4n) is 4.63. The van der Waals surface area contributed by atoms with Gasteiger partial charge in [0.1, 0.15) is 11.3 Å². The van der Waals surface area contributed by atoms with Gasteiger partial charge < -0.3 is 14.4 Å². The SMILES string of the molecule is C=CCN(CC=C)c1ccc2c(-c3ccccc3C(=O)O)c3ccc(=[N+](CC=C)CC=C)cc-3oc2c1. The summed E-state index contributed by atoms with van der Waals surface area (Å²) in [6.45, 7) is 18.1. The maximum atomic E-state index is 12.2. The predicted molar refractivity (Wildman–Crippen MR) is 153 cm³/mol. The number of carboxylic acids is 1. The summed E-state index contributed by atoms with van der Waals surface area (Å²) in [5.74, 6) is -0.313. The number of rotatable bonds is 11. The van der Waals surface area contributed by atoms with E-state index in [1.54, 1.807) is 12.1 Å².